The van der Waals surface area contributed by atoms with Crippen LogP contribution in [-0.4, -0.2) is 117 Å². The number of nitrogen functional groups attached to an aromatic ring is 2. The molecule has 69 heavy (non-hydrogen) atoms. The zero-order chi connectivity index (χ0) is 49.3. The Kier molecular flexibility index (Phi) is 18.3. The van der Waals surface area contributed by atoms with Gasteiger partial charge in [0.25, 0.3) is 11.5 Å². The molecule has 0 aliphatic carbocycles. The highest BCUT2D eigenvalue weighted by molar-refractivity contribution is 6.09. The van der Waals surface area contributed by atoms with Crippen molar-refractivity contribution in [3.8, 4) is 0 Å². The van der Waals surface area contributed by atoms with E-state index in [1.807, 2.05) is 18.2 Å². The second-order valence-corrected chi connectivity index (χ2v) is 17.3. The van der Waals surface area contributed by atoms with Crippen molar-refractivity contribution in [1.82, 2.24) is 45.4 Å². The fourth-order valence-corrected chi connectivity index (χ4v) is 7.47. The van der Waals surface area contributed by atoms with Gasteiger partial charge in [-0.05, 0) is 48.6 Å². The summed E-state index contributed by atoms with van der Waals surface area (Å²) in [5, 5.41) is 23.2. The van der Waals surface area contributed by atoms with Gasteiger partial charge in [0.05, 0.1) is 69.3 Å². The average Bonchev–Trinajstić information content (AvgIpc) is 3.68. The Hall–Kier alpha value is -7.23. The largest absolute Gasteiger partial charge is 0.480 e. The maximum Gasteiger partial charge on any atom is 0.326 e. The third kappa shape index (κ3) is 14.9. The number of aromatic nitrogens is 6. The minimum absolute atomic E-state index is 0.0503. The summed E-state index contributed by atoms with van der Waals surface area (Å²) in [7, 11) is 0. The molecule has 0 bridgehead atoms. The van der Waals surface area contributed by atoms with Crippen LogP contribution < -0.4 is 38.3 Å². The number of nitrogens with one attached hydrogen (secondary N) is 5. The normalized spacial score (nSPS) is 12.0. The number of ether oxygens (including phenoxy) is 3. The summed E-state index contributed by atoms with van der Waals surface area (Å²) in [6.07, 6.45) is 4.34. The number of carbonyl (C=O) groups excluding carboxylic acids is 3. The second-order valence-electron chi connectivity index (χ2n) is 17.3. The van der Waals surface area contributed by atoms with E-state index in [9.17, 15) is 29.1 Å². The lowest BCUT2D eigenvalue weighted by Crippen LogP contribution is -2.41. The molecular formula is C48H62N12O9. The second kappa shape index (κ2) is 24.7. The van der Waals surface area contributed by atoms with Crippen molar-refractivity contribution in [2.24, 2.45) is 5.41 Å². The number of H-pyrrole nitrogens is 1. The number of rotatable bonds is 28. The first-order valence-electron chi connectivity index (χ1n) is 23.0. The molecule has 0 aliphatic heterocycles. The van der Waals surface area contributed by atoms with Gasteiger partial charge in [0.15, 0.2) is 11.2 Å². The smallest absolute Gasteiger partial charge is 0.326 e. The number of anilines is 3. The van der Waals surface area contributed by atoms with E-state index < -0.39 is 23.5 Å². The molecule has 3 heterocycles. The minimum Gasteiger partial charge on any atom is -0.480 e. The van der Waals surface area contributed by atoms with Crippen LogP contribution >= 0.6 is 0 Å². The topological polar surface area (TPSA) is 306 Å². The predicted octanol–water partition coefficient (Wildman–Crippen LogP) is 3.70. The first kappa shape index (κ1) is 51.2. The van der Waals surface area contributed by atoms with E-state index in [1.54, 1.807) is 12.1 Å². The van der Waals surface area contributed by atoms with Crippen LogP contribution in [0.25, 0.3) is 33.0 Å². The quantitative estimate of drug-likeness (QED) is 0.0257. The summed E-state index contributed by atoms with van der Waals surface area (Å²) in [5.41, 5.74) is 15.3. The van der Waals surface area contributed by atoms with Crippen molar-refractivity contribution in [2.45, 2.75) is 78.4 Å². The number of carboxylic acid groups (broad SMARTS) is 1. The molecule has 368 valence electrons. The lowest BCUT2D eigenvalue weighted by Gasteiger charge is -2.27. The van der Waals surface area contributed by atoms with Gasteiger partial charge in [-0.3, -0.25) is 24.2 Å². The third-order valence-electron chi connectivity index (χ3n) is 11.1. The highest BCUT2D eigenvalue weighted by atomic mass is 16.5. The van der Waals surface area contributed by atoms with Crippen LogP contribution in [0.2, 0.25) is 0 Å². The molecule has 1 unspecified atom stereocenters. The number of unbranched alkanes of at least 4 members (excludes halogenated alkanes) is 1. The number of aromatic amines is 1. The zero-order valence-electron chi connectivity index (χ0n) is 39.3. The summed E-state index contributed by atoms with van der Waals surface area (Å²) in [4.78, 5) is 81.7. The molecule has 3 amide bonds. The van der Waals surface area contributed by atoms with Crippen LogP contribution in [0, 0.1) is 5.41 Å². The number of aryl methyl sites for hydroxylation is 1. The van der Waals surface area contributed by atoms with Crippen molar-refractivity contribution in [3.05, 3.63) is 88.2 Å². The molecule has 10 N–H and O–H groups in total. The summed E-state index contributed by atoms with van der Waals surface area (Å²) in [6, 6.07) is 15.2. The van der Waals surface area contributed by atoms with Gasteiger partial charge in [-0.15, -0.1) is 0 Å². The van der Waals surface area contributed by atoms with E-state index in [-0.39, 0.29) is 92.1 Å². The number of nitrogens with zero attached hydrogens (tertiary/aromatic N) is 5. The van der Waals surface area contributed by atoms with Gasteiger partial charge < -0.3 is 56.6 Å². The summed E-state index contributed by atoms with van der Waals surface area (Å²) < 4.78 is 19.0. The number of nitrogens with two attached hydrogens (primary N) is 2. The van der Waals surface area contributed by atoms with Crippen LogP contribution in [0.15, 0.2) is 65.6 Å². The van der Waals surface area contributed by atoms with Gasteiger partial charge in [0, 0.05) is 60.9 Å². The summed E-state index contributed by atoms with van der Waals surface area (Å²) in [6.45, 7) is 9.68. The fraction of sp³-hybridized carbons (Fsp3) is 0.438. The molecule has 3 aromatic carbocycles. The van der Waals surface area contributed by atoms with Crippen LogP contribution in [0.3, 0.4) is 0 Å². The number of hydrogen-bond donors (Lipinski definition) is 8. The van der Waals surface area contributed by atoms with Crippen molar-refractivity contribution in [3.63, 3.8) is 0 Å². The van der Waals surface area contributed by atoms with Gasteiger partial charge in [-0.2, -0.15) is 4.98 Å². The van der Waals surface area contributed by atoms with E-state index in [2.05, 4.69) is 78.7 Å². The molecule has 0 saturated heterocycles. The van der Waals surface area contributed by atoms with Gasteiger partial charge in [-0.1, -0.05) is 51.5 Å². The first-order chi connectivity index (χ1) is 33.2. The first-order valence-corrected chi connectivity index (χ1v) is 23.0. The van der Waals surface area contributed by atoms with Crippen LogP contribution in [-0.2, 0) is 48.1 Å². The van der Waals surface area contributed by atoms with E-state index >= 15 is 0 Å². The molecular weight excluding hydrogens is 889 g/mol. The van der Waals surface area contributed by atoms with Crippen molar-refractivity contribution >= 4 is 74.0 Å². The van der Waals surface area contributed by atoms with E-state index in [0.717, 1.165) is 46.9 Å². The molecule has 0 radical (unpaired) electrons. The van der Waals surface area contributed by atoms with Crippen molar-refractivity contribution < 1.29 is 38.5 Å². The Morgan fingerprint density at radius 2 is 1.58 bits per heavy atom. The Labute approximate surface area is 398 Å². The number of hydrogen-bond acceptors (Lipinski definition) is 15. The van der Waals surface area contributed by atoms with Gasteiger partial charge in [-0.25, -0.2) is 19.7 Å². The van der Waals surface area contributed by atoms with E-state index in [0.29, 0.717) is 50.0 Å². The van der Waals surface area contributed by atoms with Gasteiger partial charge >= 0.3 is 5.97 Å². The predicted molar refractivity (Wildman–Crippen MR) is 261 cm³/mol. The Morgan fingerprint density at radius 1 is 0.870 bits per heavy atom. The maximum atomic E-state index is 12.8. The SMILES string of the molecule is CCCCc1nc2c(N)cc3ccccc3c2n1CC(C)(C)CNC(=O)CCOCCOCCOCCNC(=O)CCC(NC(=O)c1ccc(NCc2cnc3nc(N)[nH]c(=O)c3n2)cc1)C(=O)O. The van der Waals surface area contributed by atoms with Crippen LogP contribution in [0.1, 0.15) is 74.8 Å². The molecule has 21 nitrogen and oxygen atoms in total. The number of benzene rings is 3. The number of aliphatic carboxylic acids is 1. The third-order valence-corrected chi connectivity index (χ3v) is 11.1. The number of imidazole rings is 1. The molecule has 0 fully saturated rings. The fourth-order valence-electron chi connectivity index (χ4n) is 7.47. The Bertz CT molecular complexity index is 2780. The molecule has 0 spiro atoms. The van der Waals surface area contributed by atoms with Crippen LogP contribution in [0.4, 0.5) is 17.3 Å². The number of carbonyl (C=O) groups is 4. The molecule has 1 atom stereocenters. The lowest BCUT2D eigenvalue weighted by atomic mass is 9.92. The highest BCUT2D eigenvalue weighted by Gasteiger charge is 2.25. The maximum absolute atomic E-state index is 12.8. The van der Waals surface area contributed by atoms with Gasteiger partial charge in [0.2, 0.25) is 17.8 Å². The van der Waals surface area contributed by atoms with E-state index in [1.165, 1.54) is 18.3 Å². The minimum atomic E-state index is -1.29. The van der Waals surface area contributed by atoms with Crippen molar-refractivity contribution in [1.29, 1.82) is 0 Å². The molecule has 0 saturated carbocycles. The van der Waals surface area contributed by atoms with Crippen LogP contribution in [0.5, 0.6) is 0 Å². The van der Waals surface area contributed by atoms with Gasteiger partial charge in [0.1, 0.15) is 17.4 Å². The average molecular weight is 951 g/mol. The summed E-state index contributed by atoms with van der Waals surface area (Å²) >= 11 is 0. The molecule has 0 aliphatic rings. The lowest BCUT2D eigenvalue weighted by molar-refractivity contribution is -0.139. The standard InChI is InChI=1S/C48H62N12O9/c1-4-5-10-37-57-40-35(49)25-31-8-6-7-9-34(31)42(40)60(37)29-48(2,3)28-54-39(62)17-19-67-21-23-69-24-22-68-20-18-51-38(61)16-15-36(46(65)66)56-44(63)30-11-13-32(14-12-30)52-26-33-27-53-43-41(55-33)45(64)59-47(50)58-43/h6-9,11-14,25,27,36,52H,4-5,10,15-24,26,28-29,49H2,1-3H3,(H,51,61)(H,54,62)(H,56,63)(H,65,66)(H3,50,53,58,59,64). The monoisotopic (exact) mass is 950 g/mol. The number of fused-ring (bicyclic) bond motifs is 4. The summed E-state index contributed by atoms with van der Waals surface area (Å²) in [5.74, 6) is -1.43. The van der Waals surface area contributed by atoms with E-state index in [4.69, 9.17) is 30.7 Å². The highest BCUT2D eigenvalue weighted by Crippen LogP contribution is 2.33. The number of amides is 3. The molecule has 6 aromatic rings. The zero-order valence-corrected chi connectivity index (χ0v) is 39.3. The molecule has 6 rings (SSSR count). The Morgan fingerprint density at radius 3 is 2.32 bits per heavy atom. The molecule has 3 aromatic heterocycles. The van der Waals surface area contributed by atoms with Crippen molar-refractivity contribution in [2.75, 3.05) is 69.5 Å². The Balaban J connectivity index is 0.787. The molecule has 21 heteroatoms. The number of carboxylic acids is 1.